The number of hydrogen-bond donors (Lipinski definition) is 0. The van der Waals surface area contributed by atoms with Crippen molar-refractivity contribution in [3.8, 4) is 11.6 Å². The topological polar surface area (TPSA) is 57.7 Å². The maximum Gasteiger partial charge on any atom is 0.343 e. The maximum atomic E-state index is 11.1. The molecule has 0 aliphatic carbocycles. The van der Waals surface area contributed by atoms with Crippen molar-refractivity contribution in [1.29, 1.82) is 0 Å². The quantitative estimate of drug-likeness (QED) is 0.636. The van der Waals surface area contributed by atoms with Gasteiger partial charge in [-0.25, -0.2) is 9.78 Å². The first-order chi connectivity index (χ1) is 9.13. The average Bonchev–Trinajstić information content (AvgIpc) is 2.43. The van der Waals surface area contributed by atoms with E-state index in [4.69, 9.17) is 21.1 Å². The first kappa shape index (κ1) is 13.4. The summed E-state index contributed by atoms with van der Waals surface area (Å²) in [6.45, 7) is -0.226. The third-order valence-corrected chi connectivity index (χ3v) is 2.72. The van der Waals surface area contributed by atoms with Crippen LogP contribution in [0.5, 0.6) is 11.6 Å². The number of ether oxygens (including phenoxy) is 3. The number of benzene rings is 1. The van der Waals surface area contributed by atoms with Crippen molar-refractivity contribution >= 4 is 28.3 Å². The Morgan fingerprint density at radius 1 is 1.32 bits per heavy atom. The summed E-state index contributed by atoms with van der Waals surface area (Å²) in [5.74, 6) is 0.448. The summed E-state index contributed by atoms with van der Waals surface area (Å²) in [6.07, 6.45) is 0. The number of esters is 1. The van der Waals surface area contributed by atoms with Crippen molar-refractivity contribution in [1.82, 2.24) is 4.98 Å². The zero-order valence-corrected chi connectivity index (χ0v) is 11.2. The molecule has 100 valence electrons. The number of methoxy groups -OCH3 is 2. The van der Waals surface area contributed by atoms with E-state index in [1.54, 1.807) is 19.2 Å². The van der Waals surface area contributed by atoms with Gasteiger partial charge in [-0.1, -0.05) is 17.7 Å². The molecule has 0 fully saturated rings. The number of carbonyl (C=O) groups excluding carboxylic acids is 1. The monoisotopic (exact) mass is 281 g/mol. The van der Waals surface area contributed by atoms with Crippen LogP contribution in [0.3, 0.4) is 0 Å². The average molecular weight is 282 g/mol. The standard InChI is InChI=1S/C13H12ClNO4/c1-17-9-4-3-8-5-11(14)15-13(10(8)6-9)19-7-12(16)18-2/h3-6H,7H2,1-2H3. The molecule has 0 saturated carbocycles. The highest BCUT2D eigenvalue weighted by Gasteiger charge is 2.10. The molecule has 0 radical (unpaired) electrons. The predicted molar refractivity (Wildman–Crippen MR) is 70.8 cm³/mol. The molecule has 19 heavy (non-hydrogen) atoms. The van der Waals surface area contributed by atoms with Crippen LogP contribution in [0.15, 0.2) is 24.3 Å². The number of halogens is 1. The summed E-state index contributed by atoms with van der Waals surface area (Å²) in [5, 5.41) is 1.85. The van der Waals surface area contributed by atoms with Gasteiger partial charge in [-0.15, -0.1) is 0 Å². The van der Waals surface area contributed by atoms with E-state index in [0.717, 1.165) is 5.39 Å². The van der Waals surface area contributed by atoms with Crippen molar-refractivity contribution < 1.29 is 19.0 Å². The number of pyridine rings is 1. The van der Waals surface area contributed by atoms with Crippen molar-refractivity contribution in [2.45, 2.75) is 0 Å². The number of rotatable bonds is 4. The molecule has 0 aliphatic heterocycles. The van der Waals surface area contributed by atoms with Gasteiger partial charge in [-0.3, -0.25) is 0 Å². The van der Waals surface area contributed by atoms with Gasteiger partial charge >= 0.3 is 5.97 Å². The van der Waals surface area contributed by atoms with Gasteiger partial charge in [0.25, 0.3) is 0 Å². The van der Waals surface area contributed by atoms with E-state index >= 15 is 0 Å². The van der Waals surface area contributed by atoms with Crippen LogP contribution in [0.4, 0.5) is 0 Å². The first-order valence-electron chi connectivity index (χ1n) is 5.48. The van der Waals surface area contributed by atoms with Gasteiger partial charge < -0.3 is 14.2 Å². The molecule has 0 bridgehead atoms. The Kier molecular flexibility index (Phi) is 4.06. The number of aromatic nitrogens is 1. The highest BCUT2D eigenvalue weighted by Crippen LogP contribution is 2.29. The van der Waals surface area contributed by atoms with E-state index in [2.05, 4.69) is 9.72 Å². The smallest absolute Gasteiger partial charge is 0.343 e. The van der Waals surface area contributed by atoms with Gasteiger partial charge in [0.2, 0.25) is 5.88 Å². The van der Waals surface area contributed by atoms with Crippen molar-refractivity contribution in [3.63, 3.8) is 0 Å². The van der Waals surface area contributed by atoms with Crippen LogP contribution >= 0.6 is 11.6 Å². The fraction of sp³-hybridized carbons (Fsp3) is 0.231. The molecule has 2 rings (SSSR count). The molecule has 0 atom stereocenters. The Balaban J connectivity index is 2.42. The molecule has 1 aromatic heterocycles. The molecule has 0 aliphatic rings. The number of nitrogens with zero attached hydrogens (tertiary/aromatic N) is 1. The van der Waals surface area contributed by atoms with Gasteiger partial charge in [-0.05, 0) is 23.6 Å². The zero-order chi connectivity index (χ0) is 13.8. The van der Waals surface area contributed by atoms with Crippen LogP contribution in [0.25, 0.3) is 10.8 Å². The Morgan fingerprint density at radius 3 is 2.79 bits per heavy atom. The van der Waals surface area contributed by atoms with Crippen molar-refractivity contribution in [2.75, 3.05) is 20.8 Å². The van der Waals surface area contributed by atoms with Crippen LogP contribution in [0.1, 0.15) is 0 Å². The van der Waals surface area contributed by atoms with Gasteiger partial charge in [0, 0.05) is 5.39 Å². The Labute approximate surface area is 115 Å². The minimum Gasteiger partial charge on any atom is -0.497 e. The lowest BCUT2D eigenvalue weighted by atomic mass is 10.1. The molecule has 5 nitrogen and oxygen atoms in total. The molecule has 2 aromatic rings. The largest absolute Gasteiger partial charge is 0.497 e. The summed E-state index contributed by atoms with van der Waals surface area (Å²) in [6, 6.07) is 7.13. The van der Waals surface area contributed by atoms with E-state index in [-0.39, 0.29) is 17.6 Å². The fourth-order valence-electron chi connectivity index (χ4n) is 1.59. The minimum atomic E-state index is -0.488. The van der Waals surface area contributed by atoms with E-state index in [9.17, 15) is 4.79 Å². The lowest BCUT2D eigenvalue weighted by Gasteiger charge is -2.09. The summed E-state index contributed by atoms with van der Waals surface area (Å²) in [7, 11) is 2.86. The summed E-state index contributed by atoms with van der Waals surface area (Å²) < 4.78 is 15.0. The van der Waals surface area contributed by atoms with Gasteiger partial charge in [0.05, 0.1) is 14.2 Å². The molecule has 6 heteroatoms. The molecular weight excluding hydrogens is 270 g/mol. The minimum absolute atomic E-state index is 0.226. The molecule has 0 saturated heterocycles. The summed E-state index contributed by atoms with van der Waals surface area (Å²) >= 11 is 5.91. The Hall–Kier alpha value is -2.01. The van der Waals surface area contributed by atoms with E-state index < -0.39 is 5.97 Å². The van der Waals surface area contributed by atoms with Crippen molar-refractivity contribution in [2.24, 2.45) is 0 Å². The number of hydrogen-bond acceptors (Lipinski definition) is 5. The Bertz CT molecular complexity index is 615. The zero-order valence-electron chi connectivity index (χ0n) is 10.5. The summed E-state index contributed by atoms with van der Waals surface area (Å²) in [5.41, 5.74) is 0. The van der Waals surface area contributed by atoms with E-state index in [1.165, 1.54) is 7.11 Å². The molecule has 1 aromatic carbocycles. The predicted octanol–water partition coefficient (Wildman–Crippen LogP) is 2.45. The second-order valence-corrected chi connectivity index (χ2v) is 4.09. The molecule has 0 spiro atoms. The number of fused-ring (bicyclic) bond motifs is 1. The molecule has 0 amide bonds. The van der Waals surface area contributed by atoms with E-state index in [1.807, 2.05) is 12.1 Å². The SMILES string of the molecule is COC(=O)COc1nc(Cl)cc2ccc(OC)cc12. The van der Waals surface area contributed by atoms with Crippen molar-refractivity contribution in [3.05, 3.63) is 29.4 Å². The Morgan fingerprint density at radius 2 is 2.11 bits per heavy atom. The second kappa shape index (κ2) is 5.75. The normalized spacial score (nSPS) is 10.3. The lowest BCUT2D eigenvalue weighted by molar-refractivity contribution is -0.142. The molecule has 0 N–H and O–H groups in total. The number of carbonyl (C=O) groups is 1. The van der Waals surface area contributed by atoms with Crippen LogP contribution in [-0.4, -0.2) is 31.8 Å². The first-order valence-corrected chi connectivity index (χ1v) is 5.85. The molecular formula is C13H12ClNO4. The highest BCUT2D eigenvalue weighted by molar-refractivity contribution is 6.30. The van der Waals surface area contributed by atoms with Crippen LogP contribution in [0, 0.1) is 0 Å². The highest BCUT2D eigenvalue weighted by atomic mass is 35.5. The van der Waals surface area contributed by atoms with Crippen LogP contribution in [0.2, 0.25) is 5.15 Å². The summed E-state index contributed by atoms with van der Waals surface area (Å²) in [4.78, 5) is 15.2. The molecule has 1 heterocycles. The lowest BCUT2D eigenvalue weighted by Crippen LogP contribution is -2.13. The van der Waals surface area contributed by atoms with Crippen LogP contribution < -0.4 is 9.47 Å². The third kappa shape index (κ3) is 3.06. The van der Waals surface area contributed by atoms with E-state index in [0.29, 0.717) is 11.1 Å². The van der Waals surface area contributed by atoms with Gasteiger partial charge in [0.1, 0.15) is 10.9 Å². The molecule has 0 unspecified atom stereocenters. The fourth-order valence-corrected chi connectivity index (χ4v) is 1.78. The van der Waals surface area contributed by atoms with Crippen LogP contribution in [-0.2, 0) is 9.53 Å². The third-order valence-electron chi connectivity index (χ3n) is 2.53. The second-order valence-electron chi connectivity index (χ2n) is 3.70. The van der Waals surface area contributed by atoms with Gasteiger partial charge in [0.15, 0.2) is 6.61 Å². The maximum absolute atomic E-state index is 11.1. The van der Waals surface area contributed by atoms with Gasteiger partial charge in [-0.2, -0.15) is 0 Å².